The molecule has 0 fully saturated rings. The minimum atomic E-state index is -0.487. The van der Waals surface area contributed by atoms with Crippen LogP contribution in [0.4, 0.5) is 15.8 Å². The first-order chi connectivity index (χ1) is 12.6. The Hall–Kier alpha value is -2.86. The molecule has 3 rings (SSSR count). The van der Waals surface area contributed by atoms with Crippen LogP contribution in [0.25, 0.3) is 10.8 Å². The van der Waals surface area contributed by atoms with Crippen LogP contribution in [-0.4, -0.2) is 23.3 Å². The summed E-state index contributed by atoms with van der Waals surface area (Å²) >= 11 is 1.17. The Bertz CT molecular complexity index is 941. The van der Waals surface area contributed by atoms with E-state index >= 15 is 0 Å². The molecule has 0 aliphatic heterocycles. The predicted molar refractivity (Wildman–Crippen MR) is 105 cm³/mol. The second kappa shape index (κ2) is 8.49. The van der Waals surface area contributed by atoms with Gasteiger partial charge >= 0.3 is 0 Å². The predicted octanol–water partition coefficient (Wildman–Crippen LogP) is 4.29. The molecular weight excluding hydrogens is 351 g/mol. The van der Waals surface area contributed by atoms with Crippen molar-refractivity contribution < 1.29 is 14.0 Å². The zero-order chi connectivity index (χ0) is 18.4. The van der Waals surface area contributed by atoms with Crippen LogP contribution in [0.3, 0.4) is 0 Å². The van der Waals surface area contributed by atoms with Gasteiger partial charge in [-0.25, -0.2) is 4.39 Å². The van der Waals surface area contributed by atoms with Crippen molar-refractivity contribution in [3.8, 4) is 0 Å². The van der Waals surface area contributed by atoms with Crippen molar-refractivity contribution in [1.82, 2.24) is 0 Å². The van der Waals surface area contributed by atoms with E-state index in [2.05, 4.69) is 10.6 Å². The molecule has 0 radical (unpaired) electrons. The number of halogens is 1. The van der Waals surface area contributed by atoms with Crippen molar-refractivity contribution in [2.24, 2.45) is 0 Å². The summed E-state index contributed by atoms with van der Waals surface area (Å²) in [6.45, 7) is 0. The minimum absolute atomic E-state index is 0.0668. The smallest absolute Gasteiger partial charge is 0.234 e. The maximum Gasteiger partial charge on any atom is 0.234 e. The van der Waals surface area contributed by atoms with Crippen LogP contribution in [0.5, 0.6) is 0 Å². The second-order valence-corrected chi connectivity index (χ2v) is 6.58. The van der Waals surface area contributed by atoms with E-state index < -0.39 is 5.82 Å². The van der Waals surface area contributed by atoms with Crippen molar-refractivity contribution >= 4 is 45.7 Å². The van der Waals surface area contributed by atoms with Crippen molar-refractivity contribution in [2.75, 3.05) is 22.1 Å². The molecule has 0 bridgehead atoms. The van der Waals surface area contributed by atoms with Gasteiger partial charge in [0.05, 0.1) is 17.2 Å². The number of rotatable bonds is 6. The van der Waals surface area contributed by atoms with Gasteiger partial charge in [-0.2, -0.15) is 0 Å². The fraction of sp³-hybridized carbons (Fsp3) is 0.100. The molecule has 6 heteroatoms. The fourth-order valence-corrected chi connectivity index (χ4v) is 3.12. The molecular formula is C20H17FN2O2S. The number of nitrogens with one attached hydrogen (secondary N) is 2. The third-order valence-electron chi connectivity index (χ3n) is 3.68. The molecule has 0 heterocycles. The van der Waals surface area contributed by atoms with Crippen LogP contribution in [-0.2, 0) is 9.59 Å². The maximum atomic E-state index is 13.5. The normalized spacial score (nSPS) is 10.5. The summed E-state index contributed by atoms with van der Waals surface area (Å²) in [5.41, 5.74) is 0.878. The maximum absolute atomic E-state index is 13.5. The summed E-state index contributed by atoms with van der Waals surface area (Å²) in [6, 6.07) is 19.5. The quantitative estimate of drug-likeness (QED) is 0.682. The van der Waals surface area contributed by atoms with Crippen LogP contribution in [0.2, 0.25) is 0 Å². The van der Waals surface area contributed by atoms with Crippen molar-refractivity contribution in [3.05, 3.63) is 72.5 Å². The zero-order valence-electron chi connectivity index (χ0n) is 13.9. The Balaban J connectivity index is 1.50. The highest BCUT2D eigenvalue weighted by Crippen LogP contribution is 2.23. The molecule has 0 aliphatic carbocycles. The molecule has 0 atom stereocenters. The average molecular weight is 368 g/mol. The first-order valence-electron chi connectivity index (χ1n) is 8.03. The molecule has 0 saturated heterocycles. The number of fused-ring (bicyclic) bond motifs is 1. The van der Waals surface area contributed by atoms with Gasteiger partial charge in [-0.05, 0) is 23.6 Å². The van der Waals surface area contributed by atoms with E-state index in [1.807, 2.05) is 42.5 Å². The third kappa shape index (κ3) is 4.61. The number of hydrogen-bond donors (Lipinski definition) is 2. The van der Waals surface area contributed by atoms with Gasteiger partial charge in [-0.1, -0.05) is 48.5 Å². The van der Waals surface area contributed by atoms with Crippen LogP contribution in [0.15, 0.2) is 66.7 Å². The van der Waals surface area contributed by atoms with Crippen molar-refractivity contribution in [3.63, 3.8) is 0 Å². The van der Waals surface area contributed by atoms with Gasteiger partial charge in [0.25, 0.3) is 0 Å². The Morgan fingerprint density at radius 3 is 2.12 bits per heavy atom. The number of carbonyl (C=O) groups excluding carboxylic acids is 2. The summed E-state index contributed by atoms with van der Waals surface area (Å²) < 4.78 is 13.5. The second-order valence-electron chi connectivity index (χ2n) is 5.60. The molecule has 0 spiro atoms. The lowest BCUT2D eigenvalue weighted by atomic mass is 10.1. The molecule has 0 unspecified atom stereocenters. The highest BCUT2D eigenvalue weighted by Gasteiger charge is 2.09. The van der Waals surface area contributed by atoms with Gasteiger partial charge < -0.3 is 10.6 Å². The lowest BCUT2D eigenvalue weighted by Crippen LogP contribution is -2.19. The molecule has 132 valence electrons. The number of para-hydroxylation sites is 1. The summed E-state index contributed by atoms with van der Waals surface area (Å²) in [5, 5.41) is 7.36. The van der Waals surface area contributed by atoms with Gasteiger partial charge in [-0.15, -0.1) is 11.8 Å². The van der Waals surface area contributed by atoms with Crippen LogP contribution >= 0.6 is 11.8 Å². The third-order valence-corrected chi connectivity index (χ3v) is 4.61. The Kier molecular flexibility index (Phi) is 5.86. The first kappa shape index (κ1) is 17.9. The summed E-state index contributed by atoms with van der Waals surface area (Å²) in [6.07, 6.45) is 0. The van der Waals surface area contributed by atoms with Crippen LogP contribution in [0.1, 0.15) is 0 Å². The molecule has 3 aromatic rings. The Morgan fingerprint density at radius 1 is 0.769 bits per heavy atom. The fourth-order valence-electron chi connectivity index (χ4n) is 2.51. The summed E-state index contributed by atoms with van der Waals surface area (Å²) in [5.74, 6) is -0.826. The van der Waals surface area contributed by atoms with Gasteiger partial charge in [0.1, 0.15) is 5.82 Å². The van der Waals surface area contributed by atoms with Gasteiger partial charge in [0.2, 0.25) is 11.8 Å². The summed E-state index contributed by atoms with van der Waals surface area (Å²) in [4.78, 5) is 24.0. The number of anilines is 2. The zero-order valence-corrected chi connectivity index (χ0v) is 14.7. The first-order valence-corrected chi connectivity index (χ1v) is 9.19. The number of carbonyl (C=O) groups is 2. The van der Waals surface area contributed by atoms with E-state index in [0.29, 0.717) is 0 Å². The van der Waals surface area contributed by atoms with Crippen LogP contribution < -0.4 is 10.6 Å². The highest BCUT2D eigenvalue weighted by atomic mass is 32.2. The molecule has 4 nitrogen and oxygen atoms in total. The lowest BCUT2D eigenvalue weighted by molar-refractivity contribution is -0.114. The largest absolute Gasteiger partial charge is 0.325 e. The van der Waals surface area contributed by atoms with Gasteiger partial charge in [-0.3, -0.25) is 9.59 Å². The van der Waals surface area contributed by atoms with E-state index in [-0.39, 0.29) is 29.0 Å². The van der Waals surface area contributed by atoms with Gasteiger partial charge in [0.15, 0.2) is 0 Å². The Labute approximate surface area is 154 Å². The summed E-state index contributed by atoms with van der Waals surface area (Å²) in [7, 11) is 0. The highest BCUT2D eigenvalue weighted by molar-refractivity contribution is 8.00. The van der Waals surface area contributed by atoms with E-state index in [9.17, 15) is 14.0 Å². The number of benzene rings is 3. The molecule has 3 aromatic carbocycles. The average Bonchev–Trinajstić information content (AvgIpc) is 2.64. The lowest BCUT2D eigenvalue weighted by Gasteiger charge is -2.09. The van der Waals surface area contributed by atoms with Gasteiger partial charge in [0, 0.05) is 11.1 Å². The number of amides is 2. The monoisotopic (exact) mass is 368 g/mol. The standard InChI is InChI=1S/C20H17FN2O2S/c21-16-9-3-4-10-18(16)23-20(25)13-26-12-19(24)22-17-11-5-7-14-6-1-2-8-15(14)17/h1-11H,12-13H2,(H,22,24)(H,23,25). The number of thioether (sulfide) groups is 1. The number of hydrogen-bond acceptors (Lipinski definition) is 3. The van der Waals surface area contributed by atoms with Crippen LogP contribution in [0, 0.1) is 5.82 Å². The molecule has 2 amide bonds. The SMILES string of the molecule is O=C(CSCC(=O)Nc1cccc2ccccc12)Nc1ccccc1F. The van der Waals surface area contributed by atoms with E-state index in [4.69, 9.17) is 0 Å². The van der Waals surface area contributed by atoms with E-state index in [1.54, 1.807) is 12.1 Å². The minimum Gasteiger partial charge on any atom is -0.325 e. The molecule has 2 N–H and O–H groups in total. The van der Waals surface area contributed by atoms with E-state index in [1.165, 1.54) is 23.9 Å². The van der Waals surface area contributed by atoms with Crippen molar-refractivity contribution in [2.45, 2.75) is 0 Å². The molecule has 0 aliphatic rings. The Morgan fingerprint density at radius 2 is 1.35 bits per heavy atom. The van der Waals surface area contributed by atoms with E-state index in [0.717, 1.165) is 16.5 Å². The molecule has 0 saturated carbocycles. The molecule has 0 aromatic heterocycles. The van der Waals surface area contributed by atoms with Crippen molar-refractivity contribution in [1.29, 1.82) is 0 Å². The topological polar surface area (TPSA) is 58.2 Å². The molecule has 26 heavy (non-hydrogen) atoms.